The van der Waals surface area contributed by atoms with E-state index in [1.54, 1.807) is 36.4 Å². The van der Waals surface area contributed by atoms with E-state index in [-0.39, 0.29) is 10.5 Å². The average Bonchev–Trinajstić information content (AvgIpc) is 2.77. The number of aryl methyl sites for hydroxylation is 1. The third-order valence-corrected chi connectivity index (χ3v) is 6.35. The lowest BCUT2D eigenvalue weighted by atomic mass is 10.1. The second kappa shape index (κ2) is 8.81. The zero-order chi connectivity index (χ0) is 22.7. The third kappa shape index (κ3) is 4.79. The summed E-state index contributed by atoms with van der Waals surface area (Å²) in [7, 11) is -3.66. The van der Waals surface area contributed by atoms with Crippen LogP contribution in [0.1, 0.15) is 27.7 Å². The first-order chi connectivity index (χ1) is 15.3. The maximum atomic E-state index is 12.5. The minimum atomic E-state index is -3.66. The number of carbonyl (C=O) groups is 2. The summed E-state index contributed by atoms with van der Waals surface area (Å²) in [6.45, 7) is 1.49. The van der Waals surface area contributed by atoms with Gasteiger partial charge in [0, 0.05) is 5.69 Å². The summed E-state index contributed by atoms with van der Waals surface area (Å²) in [5.74, 6) is -1.10. The molecule has 0 aliphatic carbocycles. The number of fused-ring (bicyclic) bond motifs is 1. The molecule has 1 aliphatic rings. The van der Waals surface area contributed by atoms with Crippen LogP contribution in [0.4, 0.5) is 11.4 Å². The molecular weight excluding hydrogens is 430 g/mol. The van der Waals surface area contributed by atoms with Gasteiger partial charge in [-0.05, 0) is 54.4 Å². The van der Waals surface area contributed by atoms with E-state index < -0.39 is 34.7 Å². The summed E-state index contributed by atoms with van der Waals surface area (Å²) in [5.41, 5.74) is 2.99. The number of anilines is 2. The first kappa shape index (κ1) is 21.5. The van der Waals surface area contributed by atoms with Crippen molar-refractivity contribution in [2.24, 2.45) is 0 Å². The predicted molar refractivity (Wildman–Crippen MR) is 120 cm³/mol. The van der Waals surface area contributed by atoms with E-state index in [1.165, 1.54) is 18.2 Å². The minimum Gasteiger partial charge on any atom is -0.452 e. The Bertz CT molecular complexity index is 1270. The van der Waals surface area contributed by atoms with E-state index >= 15 is 0 Å². The predicted octanol–water partition coefficient (Wildman–Crippen LogP) is 3.19. The summed E-state index contributed by atoms with van der Waals surface area (Å²) in [6.07, 6.45) is -0.680. The first-order valence-corrected chi connectivity index (χ1v) is 11.3. The quantitative estimate of drug-likeness (QED) is 0.514. The molecule has 0 unspecified atom stereocenters. The molecule has 0 saturated heterocycles. The van der Waals surface area contributed by atoms with Gasteiger partial charge in [0.2, 0.25) is 10.0 Å². The highest BCUT2D eigenvalue weighted by Crippen LogP contribution is 2.30. The molecule has 1 aliphatic heterocycles. The molecule has 3 N–H and O–H groups in total. The van der Waals surface area contributed by atoms with Crippen LogP contribution in [0.25, 0.3) is 0 Å². The largest absolute Gasteiger partial charge is 0.452 e. The number of benzene rings is 3. The number of carbonyl (C=O) groups excluding carboxylic acids is 2. The molecule has 1 atom stereocenters. The summed E-state index contributed by atoms with van der Waals surface area (Å²) in [4.78, 5) is 24.5. The molecule has 0 fully saturated rings. The van der Waals surface area contributed by atoms with Crippen LogP contribution in [0.15, 0.2) is 77.7 Å². The van der Waals surface area contributed by atoms with E-state index in [2.05, 4.69) is 15.4 Å². The van der Waals surface area contributed by atoms with Crippen molar-refractivity contribution in [2.75, 3.05) is 17.2 Å². The van der Waals surface area contributed by atoms with Gasteiger partial charge in [-0.25, -0.2) is 13.2 Å². The maximum absolute atomic E-state index is 12.5. The highest BCUT2D eigenvalue weighted by molar-refractivity contribution is 7.89. The smallest absolute Gasteiger partial charge is 0.338 e. The molecular formula is C23H21N3O5S. The second-order valence-corrected chi connectivity index (χ2v) is 8.99. The fraction of sp³-hybridized carbons (Fsp3) is 0.130. The van der Waals surface area contributed by atoms with E-state index in [0.717, 1.165) is 5.56 Å². The van der Waals surface area contributed by atoms with Gasteiger partial charge in [-0.3, -0.25) is 4.79 Å². The Morgan fingerprint density at radius 2 is 1.75 bits per heavy atom. The van der Waals surface area contributed by atoms with E-state index in [4.69, 9.17) is 4.74 Å². The highest BCUT2D eigenvalue weighted by atomic mass is 32.2. The van der Waals surface area contributed by atoms with Gasteiger partial charge in [0.15, 0.2) is 6.61 Å². The van der Waals surface area contributed by atoms with Crippen LogP contribution >= 0.6 is 0 Å². The molecule has 8 nitrogen and oxygen atoms in total. The Hall–Kier alpha value is -3.69. The number of hydrogen-bond acceptors (Lipinski definition) is 6. The zero-order valence-corrected chi connectivity index (χ0v) is 18.0. The number of sulfonamides is 1. The fourth-order valence-corrected chi connectivity index (χ4v) is 4.63. The SMILES string of the molecule is Cc1cccc(NC(=O)COC(=O)c2ccc([C@@H]3Nc4ccccc4S(=O)(=O)N3)cc2)c1. The Morgan fingerprint density at radius 1 is 1.00 bits per heavy atom. The number of ether oxygens (including phenoxy) is 1. The van der Waals surface area contributed by atoms with Gasteiger partial charge in [0.1, 0.15) is 11.1 Å². The summed E-state index contributed by atoms with van der Waals surface area (Å²) in [6, 6.07) is 20.2. The summed E-state index contributed by atoms with van der Waals surface area (Å²) in [5, 5.41) is 5.79. The topological polar surface area (TPSA) is 114 Å². The average molecular weight is 452 g/mol. The number of rotatable bonds is 5. The van der Waals surface area contributed by atoms with Crippen molar-refractivity contribution >= 4 is 33.3 Å². The van der Waals surface area contributed by atoms with E-state index in [1.807, 2.05) is 25.1 Å². The Balaban J connectivity index is 1.37. The lowest BCUT2D eigenvalue weighted by molar-refractivity contribution is -0.119. The van der Waals surface area contributed by atoms with Crippen molar-refractivity contribution < 1.29 is 22.7 Å². The van der Waals surface area contributed by atoms with Crippen LogP contribution in [-0.2, 0) is 19.6 Å². The van der Waals surface area contributed by atoms with Crippen LogP contribution in [0.3, 0.4) is 0 Å². The van der Waals surface area contributed by atoms with Crippen molar-refractivity contribution in [3.05, 3.63) is 89.5 Å². The van der Waals surface area contributed by atoms with Gasteiger partial charge in [-0.15, -0.1) is 0 Å². The molecule has 0 spiro atoms. The Morgan fingerprint density at radius 3 is 2.50 bits per heavy atom. The Kier molecular flexibility index (Phi) is 5.93. The van der Waals surface area contributed by atoms with Crippen LogP contribution in [0, 0.1) is 6.92 Å². The molecule has 32 heavy (non-hydrogen) atoms. The van der Waals surface area contributed by atoms with Gasteiger partial charge in [-0.2, -0.15) is 4.72 Å². The van der Waals surface area contributed by atoms with Crippen molar-refractivity contribution in [1.82, 2.24) is 4.72 Å². The van der Waals surface area contributed by atoms with Crippen molar-refractivity contribution in [3.63, 3.8) is 0 Å². The van der Waals surface area contributed by atoms with Gasteiger partial charge in [0.05, 0.1) is 11.3 Å². The number of nitrogens with one attached hydrogen (secondary N) is 3. The third-order valence-electron chi connectivity index (χ3n) is 4.87. The minimum absolute atomic E-state index is 0.181. The molecule has 0 radical (unpaired) electrons. The van der Waals surface area contributed by atoms with Crippen LogP contribution in [0.5, 0.6) is 0 Å². The molecule has 9 heteroatoms. The monoisotopic (exact) mass is 451 g/mol. The lowest BCUT2D eigenvalue weighted by Crippen LogP contribution is -2.38. The molecule has 0 aromatic heterocycles. The molecule has 4 rings (SSSR count). The summed E-state index contributed by atoms with van der Waals surface area (Å²) >= 11 is 0. The maximum Gasteiger partial charge on any atom is 0.338 e. The fourth-order valence-electron chi connectivity index (χ4n) is 3.32. The standard InChI is InChI=1S/C23H21N3O5S/c1-15-5-4-6-18(13-15)24-21(27)14-31-23(28)17-11-9-16(10-12-17)22-25-19-7-2-3-8-20(19)32(29,30)26-22/h2-13,22,25-26H,14H2,1H3,(H,24,27)/t22-/m1/s1. The lowest BCUT2D eigenvalue weighted by Gasteiger charge is -2.28. The molecule has 1 heterocycles. The van der Waals surface area contributed by atoms with Crippen LogP contribution in [0.2, 0.25) is 0 Å². The van der Waals surface area contributed by atoms with Gasteiger partial charge < -0.3 is 15.4 Å². The van der Waals surface area contributed by atoms with Gasteiger partial charge >= 0.3 is 5.97 Å². The van der Waals surface area contributed by atoms with Gasteiger partial charge in [0.25, 0.3) is 5.91 Å². The normalized spacial score (nSPS) is 16.3. The second-order valence-electron chi connectivity index (χ2n) is 7.31. The van der Waals surface area contributed by atoms with Crippen molar-refractivity contribution in [3.8, 4) is 0 Å². The summed E-state index contributed by atoms with van der Waals surface area (Å²) < 4.78 is 32.6. The van der Waals surface area contributed by atoms with Crippen molar-refractivity contribution in [1.29, 1.82) is 0 Å². The molecule has 0 saturated carbocycles. The first-order valence-electron chi connectivity index (χ1n) is 9.83. The molecule has 164 valence electrons. The molecule has 1 amide bonds. The molecule has 3 aromatic carbocycles. The van der Waals surface area contributed by atoms with Crippen LogP contribution < -0.4 is 15.4 Å². The highest BCUT2D eigenvalue weighted by Gasteiger charge is 2.29. The van der Waals surface area contributed by atoms with Crippen LogP contribution in [-0.4, -0.2) is 26.9 Å². The van der Waals surface area contributed by atoms with E-state index in [9.17, 15) is 18.0 Å². The molecule has 3 aromatic rings. The number of para-hydroxylation sites is 1. The number of hydrogen-bond donors (Lipinski definition) is 3. The Labute approximate surface area is 185 Å². The molecule has 0 bridgehead atoms. The number of esters is 1. The zero-order valence-electron chi connectivity index (χ0n) is 17.2. The van der Waals surface area contributed by atoms with Gasteiger partial charge in [-0.1, -0.05) is 36.4 Å². The number of amides is 1. The van der Waals surface area contributed by atoms with Crippen molar-refractivity contribution in [2.45, 2.75) is 18.0 Å². The van der Waals surface area contributed by atoms with E-state index in [0.29, 0.717) is 16.9 Å².